The first-order valence-electron chi connectivity index (χ1n) is 18.7. The highest BCUT2D eigenvalue weighted by Crippen LogP contribution is 2.29. The summed E-state index contributed by atoms with van der Waals surface area (Å²) >= 11 is 0. The SMILES string of the molecule is NC1CCC(C(=O)N[C@@H](Cc2ccccc2)C(=O)N[C@@H](Cc2cnc[nH]2)C(=O)N[C@@H](CC2CCCCC2)[C@@H](O)[C@@H](O)CCc2ccccn2)CC1. The summed E-state index contributed by atoms with van der Waals surface area (Å²) in [5, 5.41) is 31.6. The van der Waals surface area contributed by atoms with Gasteiger partial charge in [0, 0.05) is 48.6 Å². The number of hydrogen-bond donors (Lipinski definition) is 7. The highest BCUT2D eigenvalue weighted by Gasteiger charge is 2.35. The molecule has 12 heteroatoms. The van der Waals surface area contributed by atoms with E-state index in [9.17, 15) is 24.6 Å². The van der Waals surface area contributed by atoms with E-state index >= 15 is 0 Å². The second-order valence-corrected chi connectivity index (χ2v) is 14.5. The molecule has 3 aromatic rings. The van der Waals surface area contributed by atoms with Gasteiger partial charge in [-0.2, -0.15) is 0 Å². The van der Waals surface area contributed by atoms with Gasteiger partial charge < -0.3 is 36.9 Å². The zero-order chi connectivity index (χ0) is 36.0. The number of amides is 3. The number of carbonyl (C=O) groups excluding carboxylic acids is 3. The molecule has 8 N–H and O–H groups in total. The van der Waals surface area contributed by atoms with Gasteiger partial charge in [0.25, 0.3) is 0 Å². The summed E-state index contributed by atoms with van der Waals surface area (Å²) < 4.78 is 0. The molecule has 276 valence electrons. The van der Waals surface area contributed by atoms with Gasteiger partial charge in [0.05, 0.1) is 18.5 Å². The molecule has 51 heavy (non-hydrogen) atoms. The van der Waals surface area contributed by atoms with E-state index in [1.54, 1.807) is 12.4 Å². The highest BCUT2D eigenvalue weighted by molar-refractivity contribution is 5.93. The average molecular weight is 702 g/mol. The number of nitrogens with two attached hydrogens (primary N) is 1. The Morgan fingerprint density at radius 1 is 0.843 bits per heavy atom. The fourth-order valence-electron chi connectivity index (χ4n) is 7.46. The van der Waals surface area contributed by atoms with Gasteiger partial charge in [0.15, 0.2) is 0 Å². The minimum absolute atomic E-state index is 0.0849. The van der Waals surface area contributed by atoms with E-state index in [1.807, 2.05) is 48.5 Å². The maximum Gasteiger partial charge on any atom is 0.243 e. The Bertz CT molecular complexity index is 1480. The van der Waals surface area contributed by atoms with Gasteiger partial charge in [-0.25, -0.2) is 4.98 Å². The third-order valence-electron chi connectivity index (χ3n) is 10.5. The molecule has 5 atom stereocenters. The van der Waals surface area contributed by atoms with Crippen molar-refractivity contribution in [1.29, 1.82) is 0 Å². The van der Waals surface area contributed by atoms with Crippen LogP contribution in [-0.4, -0.2) is 79.3 Å². The number of imidazole rings is 1. The minimum Gasteiger partial charge on any atom is -0.390 e. The van der Waals surface area contributed by atoms with Crippen LogP contribution in [-0.2, 0) is 33.6 Å². The number of carbonyl (C=O) groups is 3. The number of nitrogens with one attached hydrogen (secondary N) is 4. The molecular weight excluding hydrogens is 646 g/mol. The summed E-state index contributed by atoms with van der Waals surface area (Å²) in [5.41, 5.74) is 8.39. The van der Waals surface area contributed by atoms with Crippen LogP contribution in [0.3, 0.4) is 0 Å². The fourth-order valence-corrected chi connectivity index (χ4v) is 7.46. The molecule has 3 amide bonds. The number of aromatic amines is 1. The number of H-pyrrole nitrogens is 1. The van der Waals surface area contributed by atoms with Crippen LogP contribution in [0.2, 0.25) is 0 Å². The molecule has 12 nitrogen and oxygen atoms in total. The van der Waals surface area contributed by atoms with Crippen LogP contribution >= 0.6 is 0 Å². The first-order chi connectivity index (χ1) is 24.7. The lowest BCUT2D eigenvalue weighted by atomic mass is 9.82. The summed E-state index contributed by atoms with van der Waals surface area (Å²) in [6.45, 7) is 0. The van der Waals surface area contributed by atoms with Gasteiger partial charge in [-0.1, -0.05) is 68.5 Å². The lowest BCUT2D eigenvalue weighted by Crippen LogP contribution is -2.58. The first-order valence-corrected chi connectivity index (χ1v) is 18.7. The fraction of sp³-hybridized carbons (Fsp3) is 0.564. The van der Waals surface area contributed by atoms with Crippen molar-refractivity contribution in [3.63, 3.8) is 0 Å². The van der Waals surface area contributed by atoms with Crippen LogP contribution in [0, 0.1) is 11.8 Å². The molecule has 0 radical (unpaired) electrons. The van der Waals surface area contributed by atoms with Gasteiger partial charge >= 0.3 is 0 Å². The summed E-state index contributed by atoms with van der Waals surface area (Å²) in [7, 11) is 0. The van der Waals surface area contributed by atoms with Gasteiger partial charge in [-0.15, -0.1) is 0 Å². The van der Waals surface area contributed by atoms with Crippen LogP contribution in [0.5, 0.6) is 0 Å². The average Bonchev–Trinajstić information content (AvgIpc) is 3.67. The largest absolute Gasteiger partial charge is 0.390 e. The highest BCUT2D eigenvalue weighted by atomic mass is 16.3. The molecule has 2 heterocycles. The van der Waals surface area contributed by atoms with Gasteiger partial charge in [-0.05, 0) is 68.6 Å². The number of rotatable bonds is 17. The van der Waals surface area contributed by atoms with Crippen molar-refractivity contribution in [2.75, 3.05) is 0 Å². The van der Waals surface area contributed by atoms with Crippen molar-refractivity contribution in [3.8, 4) is 0 Å². The predicted molar refractivity (Wildman–Crippen MR) is 194 cm³/mol. The quantitative estimate of drug-likeness (QED) is 0.112. The number of benzene rings is 1. The van der Waals surface area contributed by atoms with E-state index in [0.717, 1.165) is 56.2 Å². The topological polar surface area (TPSA) is 195 Å². The van der Waals surface area contributed by atoms with E-state index in [-0.39, 0.29) is 37.1 Å². The smallest absolute Gasteiger partial charge is 0.243 e. The molecule has 0 spiro atoms. The third-order valence-corrected chi connectivity index (χ3v) is 10.5. The van der Waals surface area contributed by atoms with Crippen LogP contribution < -0.4 is 21.7 Å². The molecule has 0 saturated heterocycles. The van der Waals surface area contributed by atoms with E-state index in [2.05, 4.69) is 30.9 Å². The number of aliphatic hydroxyl groups is 2. The maximum atomic E-state index is 14.2. The van der Waals surface area contributed by atoms with E-state index in [4.69, 9.17) is 5.73 Å². The Morgan fingerprint density at radius 2 is 1.55 bits per heavy atom. The molecule has 0 unspecified atom stereocenters. The molecule has 1 aromatic carbocycles. The summed E-state index contributed by atoms with van der Waals surface area (Å²) in [6.07, 6.45) is 12.3. The summed E-state index contributed by atoms with van der Waals surface area (Å²) in [6, 6.07) is 12.4. The Labute approximate surface area is 300 Å². The van der Waals surface area contributed by atoms with E-state index < -0.39 is 42.1 Å². The Kier molecular flexibility index (Phi) is 14.5. The van der Waals surface area contributed by atoms with Gasteiger partial charge in [0.1, 0.15) is 18.2 Å². The minimum atomic E-state index is -1.23. The Morgan fingerprint density at radius 3 is 2.24 bits per heavy atom. The Hall–Kier alpha value is -4.13. The third kappa shape index (κ3) is 12.0. The van der Waals surface area contributed by atoms with Crippen molar-refractivity contribution in [3.05, 3.63) is 84.2 Å². The lowest BCUT2D eigenvalue weighted by Gasteiger charge is -2.33. The molecule has 2 aliphatic rings. The van der Waals surface area contributed by atoms with Crippen LogP contribution in [0.25, 0.3) is 0 Å². The van der Waals surface area contributed by atoms with Gasteiger partial charge in [-0.3, -0.25) is 19.4 Å². The first kappa shape index (κ1) is 38.1. The van der Waals surface area contributed by atoms with Crippen molar-refractivity contribution >= 4 is 17.7 Å². The number of aliphatic hydroxyl groups excluding tert-OH is 2. The number of hydrogen-bond acceptors (Lipinski definition) is 8. The Balaban J connectivity index is 1.32. The molecule has 0 aliphatic heterocycles. The van der Waals surface area contributed by atoms with Gasteiger partial charge in [0.2, 0.25) is 17.7 Å². The zero-order valence-electron chi connectivity index (χ0n) is 29.5. The lowest BCUT2D eigenvalue weighted by molar-refractivity contribution is -0.134. The van der Waals surface area contributed by atoms with Crippen LogP contribution in [0.4, 0.5) is 0 Å². The second-order valence-electron chi connectivity index (χ2n) is 14.5. The zero-order valence-corrected chi connectivity index (χ0v) is 29.5. The maximum absolute atomic E-state index is 14.2. The van der Waals surface area contributed by atoms with Crippen molar-refractivity contribution in [2.24, 2.45) is 17.6 Å². The molecule has 2 aromatic heterocycles. The molecule has 5 rings (SSSR count). The number of nitrogens with zero attached hydrogens (tertiary/aromatic N) is 2. The van der Waals surface area contributed by atoms with E-state index in [0.29, 0.717) is 37.3 Å². The molecule has 2 saturated carbocycles. The molecule has 0 bridgehead atoms. The standard InChI is InChI=1S/C39H55N7O5/c40-29-16-14-28(15-17-29)37(49)45-33(22-27-11-5-2-6-12-27)38(50)46-34(23-31-24-41-25-43-31)39(51)44-32(21-26-9-3-1-4-10-26)36(48)35(47)19-18-30-13-7-8-20-42-30/h2,5-8,11-13,20,24-26,28-29,32-36,47-48H,1,3-4,9-10,14-19,21-23,40H2,(H,41,43)(H,44,51)(H,45,49)(H,46,50)/t28?,29?,32-,33-,34-,35-,36+/m0/s1. The van der Waals surface area contributed by atoms with Crippen molar-refractivity contribution in [1.82, 2.24) is 30.9 Å². The summed E-state index contributed by atoms with van der Waals surface area (Å²) in [5.74, 6) is -1.10. The molecular formula is C39H55N7O5. The monoisotopic (exact) mass is 701 g/mol. The van der Waals surface area contributed by atoms with Crippen molar-refractivity contribution in [2.45, 2.75) is 126 Å². The number of aromatic nitrogens is 3. The normalized spacial score (nSPS) is 21.1. The van der Waals surface area contributed by atoms with Crippen LogP contribution in [0.15, 0.2) is 67.3 Å². The predicted octanol–water partition coefficient (Wildman–Crippen LogP) is 2.89. The molecule has 2 fully saturated rings. The van der Waals surface area contributed by atoms with Crippen molar-refractivity contribution < 1.29 is 24.6 Å². The number of aryl methyl sites for hydroxylation is 1. The van der Waals surface area contributed by atoms with E-state index in [1.165, 1.54) is 6.33 Å². The summed E-state index contributed by atoms with van der Waals surface area (Å²) in [4.78, 5) is 53.1. The molecule has 2 aliphatic carbocycles. The second kappa shape index (κ2) is 19.5. The van der Waals surface area contributed by atoms with Crippen LogP contribution in [0.1, 0.15) is 87.6 Å². The number of pyridine rings is 1.